The molecule has 0 aliphatic rings. The number of nitrogens with one attached hydrogen (secondary N) is 1. The number of pyridine rings is 2. The van der Waals surface area contributed by atoms with Crippen LogP contribution in [-0.2, 0) is 0 Å². The Morgan fingerprint density at radius 3 is 2.33 bits per heavy atom. The molecule has 118 valence electrons. The third kappa shape index (κ3) is 3.55. The lowest BCUT2D eigenvalue weighted by atomic mass is 10.1. The zero-order valence-electron chi connectivity index (χ0n) is 13.4. The van der Waals surface area contributed by atoms with Crippen LogP contribution >= 0.6 is 0 Å². The van der Waals surface area contributed by atoms with Gasteiger partial charge in [0.15, 0.2) is 0 Å². The Morgan fingerprint density at radius 2 is 1.67 bits per heavy atom. The van der Waals surface area contributed by atoms with Crippen LogP contribution in [0.4, 0.5) is 5.69 Å². The summed E-state index contributed by atoms with van der Waals surface area (Å²) in [6, 6.07) is 14.7. The maximum absolute atomic E-state index is 12.3. The summed E-state index contributed by atoms with van der Waals surface area (Å²) in [5.41, 5.74) is 4.86. The molecule has 24 heavy (non-hydrogen) atoms. The first kappa shape index (κ1) is 15.6. The molecule has 4 heteroatoms. The molecule has 0 spiro atoms. The average molecular weight is 315 g/mol. The third-order valence-electron chi connectivity index (χ3n) is 3.60. The molecule has 0 fully saturated rings. The van der Waals surface area contributed by atoms with Crippen molar-refractivity contribution in [3.05, 3.63) is 84.2 Å². The van der Waals surface area contributed by atoms with E-state index in [4.69, 9.17) is 0 Å². The van der Waals surface area contributed by atoms with E-state index in [1.807, 2.05) is 37.3 Å². The van der Waals surface area contributed by atoms with Gasteiger partial charge in [-0.3, -0.25) is 14.8 Å². The summed E-state index contributed by atoms with van der Waals surface area (Å²) >= 11 is 0. The van der Waals surface area contributed by atoms with E-state index in [-0.39, 0.29) is 5.91 Å². The summed E-state index contributed by atoms with van der Waals surface area (Å²) in [6.07, 6.45) is 5.15. The molecule has 3 rings (SSSR count). The number of nitrogens with zero attached hydrogens (tertiary/aromatic N) is 2. The van der Waals surface area contributed by atoms with Crippen LogP contribution in [0.5, 0.6) is 0 Å². The molecule has 0 saturated carbocycles. The van der Waals surface area contributed by atoms with Crippen molar-refractivity contribution in [2.24, 2.45) is 0 Å². The maximum Gasteiger partial charge on any atom is 0.255 e. The maximum atomic E-state index is 12.3. The van der Waals surface area contributed by atoms with Gasteiger partial charge in [0.25, 0.3) is 5.91 Å². The van der Waals surface area contributed by atoms with Crippen molar-refractivity contribution < 1.29 is 4.79 Å². The molecule has 4 nitrogen and oxygen atoms in total. The number of benzene rings is 1. The quantitative estimate of drug-likeness (QED) is 0.779. The topological polar surface area (TPSA) is 54.9 Å². The summed E-state index contributed by atoms with van der Waals surface area (Å²) in [5, 5.41) is 2.89. The number of amides is 1. The Balaban J connectivity index is 1.81. The van der Waals surface area contributed by atoms with E-state index in [0.29, 0.717) is 11.3 Å². The molecule has 0 radical (unpaired) electrons. The van der Waals surface area contributed by atoms with Crippen molar-refractivity contribution in [1.29, 1.82) is 0 Å². The van der Waals surface area contributed by atoms with Crippen LogP contribution in [0.3, 0.4) is 0 Å². The highest BCUT2D eigenvalue weighted by molar-refractivity contribution is 6.04. The molecule has 0 saturated heterocycles. The molecule has 2 heterocycles. The van der Waals surface area contributed by atoms with Crippen molar-refractivity contribution >= 4 is 17.7 Å². The monoisotopic (exact) mass is 315 g/mol. The number of aryl methyl sites for hydroxylation is 1. The molecule has 0 unspecified atom stereocenters. The van der Waals surface area contributed by atoms with Crippen LogP contribution in [0, 0.1) is 6.92 Å². The third-order valence-corrected chi connectivity index (χ3v) is 3.60. The lowest BCUT2D eigenvalue weighted by Crippen LogP contribution is -2.11. The molecule has 2 aromatic heterocycles. The second kappa shape index (κ2) is 6.87. The van der Waals surface area contributed by atoms with Crippen molar-refractivity contribution in [2.45, 2.75) is 6.92 Å². The summed E-state index contributed by atoms with van der Waals surface area (Å²) in [6.45, 7) is 5.71. The van der Waals surface area contributed by atoms with Crippen LogP contribution in [0.1, 0.15) is 21.5 Å². The van der Waals surface area contributed by atoms with Gasteiger partial charge in [-0.25, -0.2) is 0 Å². The zero-order chi connectivity index (χ0) is 16.9. The number of hydrogen-bond acceptors (Lipinski definition) is 3. The smallest absolute Gasteiger partial charge is 0.255 e. The van der Waals surface area contributed by atoms with E-state index in [2.05, 4.69) is 21.9 Å². The first-order chi connectivity index (χ1) is 11.7. The van der Waals surface area contributed by atoms with E-state index >= 15 is 0 Å². The Morgan fingerprint density at radius 1 is 1.00 bits per heavy atom. The molecule has 1 amide bonds. The van der Waals surface area contributed by atoms with E-state index in [1.165, 1.54) is 0 Å². The Hall–Kier alpha value is -3.27. The standard InChI is InChI=1S/C20H17N3O/c1-3-15-4-6-16(7-5-15)20(24)23-17-9-11-22-19(13-17)18-12-14(2)8-10-21-18/h3-13H,1H2,2H3,(H,22,23,24). The van der Waals surface area contributed by atoms with E-state index in [9.17, 15) is 4.79 Å². The highest BCUT2D eigenvalue weighted by Gasteiger charge is 2.08. The number of hydrogen-bond donors (Lipinski definition) is 1. The first-order valence-corrected chi connectivity index (χ1v) is 7.58. The van der Waals surface area contributed by atoms with Crippen molar-refractivity contribution in [1.82, 2.24) is 9.97 Å². The second-order valence-corrected chi connectivity index (χ2v) is 5.43. The van der Waals surface area contributed by atoms with Crippen molar-refractivity contribution in [2.75, 3.05) is 5.32 Å². The minimum atomic E-state index is -0.167. The number of carbonyl (C=O) groups excluding carboxylic acids is 1. The molecule has 1 aromatic carbocycles. The van der Waals surface area contributed by atoms with Crippen LogP contribution in [0.25, 0.3) is 17.5 Å². The van der Waals surface area contributed by atoms with Gasteiger partial charge < -0.3 is 5.32 Å². The van der Waals surface area contributed by atoms with Gasteiger partial charge in [0.05, 0.1) is 11.4 Å². The van der Waals surface area contributed by atoms with Gasteiger partial charge >= 0.3 is 0 Å². The highest BCUT2D eigenvalue weighted by Crippen LogP contribution is 2.19. The van der Waals surface area contributed by atoms with E-state index in [1.54, 1.807) is 36.7 Å². The van der Waals surface area contributed by atoms with Crippen LogP contribution in [-0.4, -0.2) is 15.9 Å². The fourth-order valence-corrected chi connectivity index (χ4v) is 2.30. The lowest BCUT2D eigenvalue weighted by Gasteiger charge is -2.07. The number of aromatic nitrogens is 2. The normalized spacial score (nSPS) is 10.2. The van der Waals surface area contributed by atoms with Crippen LogP contribution < -0.4 is 5.32 Å². The predicted molar refractivity (Wildman–Crippen MR) is 96.7 cm³/mol. The van der Waals surface area contributed by atoms with Gasteiger partial charge in [-0.1, -0.05) is 24.8 Å². The van der Waals surface area contributed by atoms with Gasteiger partial charge in [0, 0.05) is 23.6 Å². The minimum Gasteiger partial charge on any atom is -0.322 e. The summed E-state index contributed by atoms with van der Waals surface area (Å²) in [4.78, 5) is 21.0. The molecule has 0 aliphatic heterocycles. The van der Waals surface area contributed by atoms with Gasteiger partial charge in [0.2, 0.25) is 0 Å². The molecule has 0 bridgehead atoms. The van der Waals surface area contributed by atoms with Crippen LogP contribution in [0.2, 0.25) is 0 Å². The lowest BCUT2D eigenvalue weighted by molar-refractivity contribution is 0.102. The minimum absolute atomic E-state index is 0.167. The van der Waals surface area contributed by atoms with Gasteiger partial charge in [0.1, 0.15) is 0 Å². The number of anilines is 1. The number of carbonyl (C=O) groups is 1. The molecule has 0 aliphatic carbocycles. The summed E-state index contributed by atoms with van der Waals surface area (Å²) < 4.78 is 0. The Kier molecular flexibility index (Phi) is 4.47. The zero-order valence-corrected chi connectivity index (χ0v) is 13.4. The average Bonchev–Trinajstić information content (AvgIpc) is 2.62. The summed E-state index contributed by atoms with van der Waals surface area (Å²) in [7, 11) is 0. The fraction of sp³-hybridized carbons (Fsp3) is 0.0500. The Labute approximate surface area is 140 Å². The molecular weight excluding hydrogens is 298 g/mol. The predicted octanol–water partition coefficient (Wildman–Crippen LogP) is 4.35. The SMILES string of the molecule is C=Cc1ccc(C(=O)Nc2ccnc(-c3cc(C)ccn3)c2)cc1. The molecule has 3 aromatic rings. The Bertz CT molecular complexity index is 885. The fourth-order valence-electron chi connectivity index (χ4n) is 2.30. The van der Waals surface area contributed by atoms with Gasteiger partial charge in [-0.2, -0.15) is 0 Å². The van der Waals surface area contributed by atoms with Gasteiger partial charge in [-0.05, 0) is 54.4 Å². The molecule has 1 N–H and O–H groups in total. The van der Waals surface area contributed by atoms with E-state index in [0.717, 1.165) is 22.5 Å². The summed E-state index contributed by atoms with van der Waals surface area (Å²) in [5.74, 6) is -0.167. The largest absolute Gasteiger partial charge is 0.322 e. The molecular formula is C20H17N3O. The second-order valence-electron chi connectivity index (χ2n) is 5.43. The van der Waals surface area contributed by atoms with Crippen LogP contribution in [0.15, 0.2) is 67.5 Å². The first-order valence-electron chi connectivity index (χ1n) is 7.58. The number of rotatable bonds is 4. The van der Waals surface area contributed by atoms with Crippen molar-refractivity contribution in [3.63, 3.8) is 0 Å². The van der Waals surface area contributed by atoms with Crippen molar-refractivity contribution in [3.8, 4) is 11.4 Å². The molecule has 0 atom stereocenters. The van der Waals surface area contributed by atoms with Gasteiger partial charge in [-0.15, -0.1) is 0 Å². The van der Waals surface area contributed by atoms with E-state index < -0.39 is 0 Å². The highest BCUT2D eigenvalue weighted by atomic mass is 16.1.